The molecule has 0 spiro atoms. The van der Waals surface area contributed by atoms with E-state index in [0.717, 1.165) is 37.8 Å². The molecule has 1 aromatic carbocycles. The molecule has 0 radical (unpaired) electrons. The van der Waals surface area contributed by atoms with Crippen LogP contribution in [0.2, 0.25) is 0 Å². The van der Waals surface area contributed by atoms with Gasteiger partial charge in [0.1, 0.15) is 0 Å². The van der Waals surface area contributed by atoms with E-state index in [1.165, 1.54) is 0 Å². The molecule has 0 aromatic heterocycles. The fraction of sp³-hybridized carbons (Fsp3) is 0.500. The van der Waals surface area contributed by atoms with Crippen molar-refractivity contribution in [2.75, 3.05) is 13.2 Å². The maximum atomic E-state index is 12.3. The molecule has 1 atom stereocenters. The van der Waals surface area contributed by atoms with Crippen molar-refractivity contribution >= 4 is 5.91 Å². The third-order valence-corrected chi connectivity index (χ3v) is 3.83. The van der Waals surface area contributed by atoms with Gasteiger partial charge in [0, 0.05) is 19.2 Å². The molecule has 4 heteroatoms. The first-order valence-electron chi connectivity index (χ1n) is 7.14. The molecule has 0 saturated carbocycles. The van der Waals surface area contributed by atoms with Gasteiger partial charge in [-0.1, -0.05) is 12.1 Å². The molecule has 0 aliphatic carbocycles. The third kappa shape index (κ3) is 3.58. The Bertz CT molecular complexity index is 490. The Labute approximate surface area is 119 Å². The molecule has 1 unspecified atom stereocenters. The van der Waals surface area contributed by atoms with Crippen LogP contribution >= 0.6 is 0 Å². The highest BCUT2D eigenvalue weighted by molar-refractivity contribution is 5.79. The summed E-state index contributed by atoms with van der Waals surface area (Å²) in [6, 6.07) is 9.54. The smallest absolute Gasteiger partial charge is 0.227 e. The molecule has 1 aliphatic heterocycles. The lowest BCUT2D eigenvalue weighted by Crippen LogP contribution is -2.36. The highest BCUT2D eigenvalue weighted by Crippen LogP contribution is 2.22. The maximum absolute atomic E-state index is 12.3. The van der Waals surface area contributed by atoms with Gasteiger partial charge >= 0.3 is 0 Å². The van der Waals surface area contributed by atoms with E-state index in [9.17, 15) is 4.79 Å². The Morgan fingerprint density at radius 2 is 2.15 bits per heavy atom. The highest BCUT2D eigenvalue weighted by Gasteiger charge is 2.27. The van der Waals surface area contributed by atoms with Crippen LogP contribution in [-0.4, -0.2) is 35.1 Å². The normalized spacial score (nSPS) is 18.0. The number of nitriles is 1. The summed E-state index contributed by atoms with van der Waals surface area (Å²) in [5.74, 6) is 0.148. The van der Waals surface area contributed by atoms with E-state index >= 15 is 0 Å². The zero-order chi connectivity index (χ0) is 14.4. The molecule has 1 aliphatic rings. The Kier molecular flexibility index (Phi) is 5.14. The lowest BCUT2D eigenvalue weighted by molar-refractivity contribution is -0.131. The first-order valence-corrected chi connectivity index (χ1v) is 7.14. The summed E-state index contributed by atoms with van der Waals surface area (Å²) >= 11 is 0. The lowest BCUT2D eigenvalue weighted by atomic mass is 10.1. The van der Waals surface area contributed by atoms with E-state index in [0.29, 0.717) is 12.0 Å². The van der Waals surface area contributed by atoms with Crippen LogP contribution < -0.4 is 0 Å². The summed E-state index contributed by atoms with van der Waals surface area (Å²) in [5.41, 5.74) is 1.56. The molecule has 1 N–H and O–H groups in total. The van der Waals surface area contributed by atoms with Gasteiger partial charge in [-0.2, -0.15) is 5.26 Å². The fourth-order valence-corrected chi connectivity index (χ4v) is 2.76. The van der Waals surface area contributed by atoms with Gasteiger partial charge in [-0.25, -0.2) is 0 Å². The summed E-state index contributed by atoms with van der Waals surface area (Å²) in [6.45, 7) is 1.01. The number of hydrogen-bond acceptors (Lipinski definition) is 3. The number of aliphatic hydroxyl groups is 1. The Balaban J connectivity index is 1.94. The number of amides is 1. The summed E-state index contributed by atoms with van der Waals surface area (Å²) in [7, 11) is 0. The largest absolute Gasteiger partial charge is 0.396 e. The van der Waals surface area contributed by atoms with E-state index < -0.39 is 0 Å². The van der Waals surface area contributed by atoms with Crippen molar-refractivity contribution in [3.05, 3.63) is 35.4 Å². The molecule has 20 heavy (non-hydrogen) atoms. The van der Waals surface area contributed by atoms with E-state index in [1.807, 2.05) is 17.0 Å². The van der Waals surface area contributed by atoms with Gasteiger partial charge in [0.15, 0.2) is 0 Å². The van der Waals surface area contributed by atoms with Crippen molar-refractivity contribution in [3.8, 4) is 6.07 Å². The van der Waals surface area contributed by atoms with Gasteiger partial charge in [-0.15, -0.1) is 0 Å². The molecule has 1 amide bonds. The molecule has 0 bridgehead atoms. The van der Waals surface area contributed by atoms with E-state index in [-0.39, 0.29) is 18.6 Å². The zero-order valence-corrected chi connectivity index (χ0v) is 11.6. The number of nitrogens with zero attached hydrogens (tertiary/aromatic N) is 2. The van der Waals surface area contributed by atoms with Crippen molar-refractivity contribution in [2.45, 2.75) is 38.1 Å². The minimum atomic E-state index is 0.148. The number of carbonyl (C=O) groups is 1. The molecule has 106 valence electrons. The van der Waals surface area contributed by atoms with Gasteiger partial charge < -0.3 is 10.0 Å². The second-order valence-corrected chi connectivity index (χ2v) is 5.23. The van der Waals surface area contributed by atoms with Crippen LogP contribution in [0.25, 0.3) is 0 Å². The molecule has 2 rings (SSSR count). The molecular weight excluding hydrogens is 252 g/mol. The van der Waals surface area contributed by atoms with Crippen molar-refractivity contribution in [3.63, 3.8) is 0 Å². The number of hydrogen-bond donors (Lipinski definition) is 1. The molecular formula is C16H20N2O2. The van der Waals surface area contributed by atoms with Crippen LogP contribution in [-0.2, 0) is 11.2 Å². The second kappa shape index (κ2) is 7.06. The van der Waals surface area contributed by atoms with Gasteiger partial charge in [-0.3, -0.25) is 4.79 Å². The zero-order valence-electron chi connectivity index (χ0n) is 11.6. The van der Waals surface area contributed by atoms with Gasteiger partial charge in [0.25, 0.3) is 0 Å². The standard InChI is InChI=1S/C16H20N2O2/c17-12-14-7-5-13(6-8-14)11-16(20)18-9-1-3-15(18)4-2-10-19/h5-8,15,19H,1-4,9-11H2. The number of aliphatic hydroxyl groups excluding tert-OH is 1. The number of likely N-dealkylation sites (tertiary alicyclic amines) is 1. The first-order chi connectivity index (χ1) is 9.74. The topological polar surface area (TPSA) is 64.3 Å². The van der Waals surface area contributed by atoms with Gasteiger partial charge in [-0.05, 0) is 43.4 Å². The highest BCUT2D eigenvalue weighted by atomic mass is 16.3. The summed E-state index contributed by atoms with van der Waals surface area (Å²) in [5, 5.41) is 17.7. The monoisotopic (exact) mass is 272 g/mol. The summed E-state index contributed by atoms with van der Waals surface area (Å²) in [6.07, 6.45) is 4.12. The summed E-state index contributed by atoms with van der Waals surface area (Å²) < 4.78 is 0. The Hall–Kier alpha value is -1.86. The average Bonchev–Trinajstić information content (AvgIpc) is 2.94. The van der Waals surface area contributed by atoms with Crippen molar-refractivity contribution in [1.29, 1.82) is 5.26 Å². The Morgan fingerprint density at radius 3 is 2.80 bits per heavy atom. The van der Waals surface area contributed by atoms with Crippen LogP contribution in [0.4, 0.5) is 0 Å². The third-order valence-electron chi connectivity index (χ3n) is 3.83. The van der Waals surface area contributed by atoms with Crippen molar-refractivity contribution in [2.24, 2.45) is 0 Å². The van der Waals surface area contributed by atoms with Crippen LogP contribution in [0.1, 0.15) is 36.8 Å². The van der Waals surface area contributed by atoms with Crippen molar-refractivity contribution < 1.29 is 9.90 Å². The molecule has 1 heterocycles. The Morgan fingerprint density at radius 1 is 1.40 bits per heavy atom. The number of carbonyl (C=O) groups excluding carboxylic acids is 1. The quantitative estimate of drug-likeness (QED) is 0.890. The van der Waals surface area contributed by atoms with Crippen LogP contribution in [0.5, 0.6) is 0 Å². The fourth-order valence-electron chi connectivity index (χ4n) is 2.76. The van der Waals surface area contributed by atoms with Gasteiger partial charge in [0.2, 0.25) is 5.91 Å². The average molecular weight is 272 g/mol. The minimum absolute atomic E-state index is 0.148. The number of benzene rings is 1. The molecule has 4 nitrogen and oxygen atoms in total. The molecule has 1 fully saturated rings. The first kappa shape index (κ1) is 14.5. The molecule has 1 aromatic rings. The van der Waals surface area contributed by atoms with Gasteiger partial charge in [0.05, 0.1) is 18.1 Å². The van der Waals surface area contributed by atoms with Crippen LogP contribution in [0, 0.1) is 11.3 Å². The second-order valence-electron chi connectivity index (χ2n) is 5.23. The van der Waals surface area contributed by atoms with Crippen LogP contribution in [0.3, 0.4) is 0 Å². The van der Waals surface area contributed by atoms with E-state index in [1.54, 1.807) is 12.1 Å². The van der Waals surface area contributed by atoms with E-state index in [4.69, 9.17) is 10.4 Å². The predicted molar refractivity (Wildman–Crippen MR) is 75.9 cm³/mol. The number of rotatable bonds is 5. The summed E-state index contributed by atoms with van der Waals surface area (Å²) in [4.78, 5) is 14.3. The maximum Gasteiger partial charge on any atom is 0.227 e. The lowest BCUT2D eigenvalue weighted by Gasteiger charge is -2.24. The molecule has 1 saturated heterocycles. The minimum Gasteiger partial charge on any atom is -0.396 e. The predicted octanol–water partition coefficient (Wildman–Crippen LogP) is 1.86. The van der Waals surface area contributed by atoms with E-state index in [2.05, 4.69) is 6.07 Å². The SMILES string of the molecule is N#Cc1ccc(CC(=O)N2CCCC2CCCO)cc1. The van der Waals surface area contributed by atoms with Crippen molar-refractivity contribution in [1.82, 2.24) is 4.90 Å². The van der Waals surface area contributed by atoms with Crippen LogP contribution in [0.15, 0.2) is 24.3 Å².